The van der Waals surface area contributed by atoms with Gasteiger partial charge in [0.05, 0.1) is 5.75 Å². The number of hydrogen-bond acceptors (Lipinski definition) is 6. The molecule has 1 heterocycles. The Bertz CT molecular complexity index is 887. The van der Waals surface area contributed by atoms with E-state index in [4.69, 9.17) is 0 Å². The van der Waals surface area contributed by atoms with E-state index in [0.717, 1.165) is 17.0 Å². The van der Waals surface area contributed by atoms with Crippen molar-refractivity contribution in [3.63, 3.8) is 0 Å². The summed E-state index contributed by atoms with van der Waals surface area (Å²) < 4.78 is 52.2. The molecular formula is C16H22N2O4S3. The number of thiophene rings is 1. The first-order chi connectivity index (χ1) is 11.7. The van der Waals surface area contributed by atoms with Crippen LogP contribution in [0.3, 0.4) is 0 Å². The van der Waals surface area contributed by atoms with Crippen molar-refractivity contribution in [2.24, 2.45) is 0 Å². The topological polar surface area (TPSA) is 83.6 Å². The molecule has 0 radical (unpaired) electrons. The van der Waals surface area contributed by atoms with Crippen molar-refractivity contribution in [3.8, 4) is 0 Å². The van der Waals surface area contributed by atoms with Crippen molar-refractivity contribution in [3.05, 3.63) is 47.3 Å². The molecule has 1 atom stereocenters. The lowest BCUT2D eigenvalue weighted by atomic mass is 10.1. The van der Waals surface area contributed by atoms with E-state index in [1.165, 1.54) is 13.0 Å². The zero-order chi connectivity index (χ0) is 18.7. The molecule has 1 N–H and O–H groups in total. The predicted octanol–water partition coefficient (Wildman–Crippen LogP) is 2.27. The van der Waals surface area contributed by atoms with Gasteiger partial charge in [0.2, 0.25) is 10.0 Å². The molecule has 138 valence electrons. The number of anilines is 1. The molecule has 0 bridgehead atoms. The third-order valence-corrected chi connectivity index (χ3v) is 8.70. The van der Waals surface area contributed by atoms with E-state index in [1.807, 2.05) is 31.1 Å². The van der Waals surface area contributed by atoms with Gasteiger partial charge in [0.1, 0.15) is 9.46 Å². The van der Waals surface area contributed by atoms with Gasteiger partial charge in [-0.3, -0.25) is 0 Å². The highest BCUT2D eigenvalue weighted by Gasteiger charge is 2.31. The first-order valence-electron chi connectivity index (χ1n) is 7.69. The van der Waals surface area contributed by atoms with E-state index in [-0.39, 0.29) is 16.5 Å². The fourth-order valence-corrected chi connectivity index (χ4v) is 5.86. The molecule has 0 unspecified atom stereocenters. The Balaban J connectivity index is 2.41. The summed E-state index contributed by atoms with van der Waals surface area (Å²) in [6.07, 6.45) is 0. The van der Waals surface area contributed by atoms with Crippen molar-refractivity contribution in [1.29, 1.82) is 0 Å². The molecule has 0 saturated carbocycles. The predicted molar refractivity (Wildman–Crippen MR) is 102 cm³/mol. The van der Waals surface area contributed by atoms with Gasteiger partial charge >= 0.3 is 0 Å². The van der Waals surface area contributed by atoms with Crippen molar-refractivity contribution in [2.75, 3.05) is 31.3 Å². The highest BCUT2D eigenvalue weighted by Crippen LogP contribution is 2.32. The number of sulfone groups is 1. The molecule has 25 heavy (non-hydrogen) atoms. The van der Waals surface area contributed by atoms with E-state index in [9.17, 15) is 16.8 Å². The standard InChI is InChI=1S/C16H22N2O4S3/c1-4-24(19,20)17-12-15(25(21,22)16-6-5-11-23-16)13-7-9-14(10-8-13)18(2)3/h5-11,15,17H,4,12H2,1-3H3/t15-/m0/s1. The molecule has 2 aromatic rings. The lowest BCUT2D eigenvalue weighted by Gasteiger charge is -2.19. The Hall–Kier alpha value is -1.42. The lowest BCUT2D eigenvalue weighted by Crippen LogP contribution is -2.32. The van der Waals surface area contributed by atoms with Gasteiger partial charge in [-0.2, -0.15) is 0 Å². The van der Waals surface area contributed by atoms with Crippen LogP contribution in [0.2, 0.25) is 0 Å². The highest BCUT2D eigenvalue weighted by molar-refractivity contribution is 7.93. The molecule has 0 saturated heterocycles. The van der Waals surface area contributed by atoms with Crippen LogP contribution < -0.4 is 9.62 Å². The van der Waals surface area contributed by atoms with Crippen molar-refractivity contribution >= 4 is 36.9 Å². The smallest absolute Gasteiger partial charge is 0.211 e. The van der Waals surface area contributed by atoms with Crippen LogP contribution in [0.1, 0.15) is 17.7 Å². The Kier molecular flexibility index (Phi) is 6.26. The zero-order valence-corrected chi connectivity index (χ0v) is 16.8. The van der Waals surface area contributed by atoms with E-state index in [0.29, 0.717) is 5.56 Å². The molecule has 0 amide bonds. The molecule has 2 rings (SSSR count). The van der Waals surface area contributed by atoms with Gasteiger partial charge in [-0.05, 0) is 36.1 Å². The first kappa shape index (κ1) is 19.9. The summed E-state index contributed by atoms with van der Waals surface area (Å²) in [5.41, 5.74) is 1.49. The number of sulfonamides is 1. The molecule has 0 aliphatic heterocycles. The third kappa shape index (κ3) is 4.81. The van der Waals surface area contributed by atoms with Crippen LogP contribution in [-0.2, 0) is 19.9 Å². The van der Waals surface area contributed by atoms with Crippen LogP contribution in [0.4, 0.5) is 5.69 Å². The second-order valence-electron chi connectivity index (χ2n) is 5.70. The first-order valence-corrected chi connectivity index (χ1v) is 11.8. The van der Waals surface area contributed by atoms with Gasteiger partial charge in [0.15, 0.2) is 9.84 Å². The zero-order valence-electron chi connectivity index (χ0n) is 14.3. The molecule has 1 aromatic heterocycles. The van der Waals surface area contributed by atoms with Gasteiger partial charge in [-0.25, -0.2) is 21.6 Å². The van der Waals surface area contributed by atoms with Crippen LogP contribution in [0.25, 0.3) is 0 Å². The Morgan fingerprint density at radius 2 is 1.72 bits per heavy atom. The van der Waals surface area contributed by atoms with E-state index in [2.05, 4.69) is 4.72 Å². The third-order valence-electron chi connectivity index (χ3n) is 3.80. The SMILES string of the molecule is CCS(=O)(=O)NC[C@@H](c1ccc(N(C)C)cc1)S(=O)(=O)c1cccs1. The van der Waals surface area contributed by atoms with Crippen molar-refractivity contribution in [2.45, 2.75) is 16.4 Å². The highest BCUT2D eigenvalue weighted by atomic mass is 32.2. The molecular weight excluding hydrogens is 380 g/mol. The average molecular weight is 403 g/mol. The summed E-state index contributed by atoms with van der Waals surface area (Å²) >= 11 is 1.13. The molecule has 0 aliphatic carbocycles. The Morgan fingerprint density at radius 1 is 1.08 bits per heavy atom. The molecule has 0 spiro atoms. The fourth-order valence-electron chi connectivity index (χ4n) is 2.26. The largest absolute Gasteiger partial charge is 0.378 e. The monoisotopic (exact) mass is 402 g/mol. The second kappa shape index (κ2) is 7.86. The van der Waals surface area contributed by atoms with Gasteiger partial charge in [0.25, 0.3) is 0 Å². The Labute approximate surface area is 153 Å². The number of nitrogens with one attached hydrogen (secondary N) is 1. The van der Waals surface area contributed by atoms with Gasteiger partial charge in [-0.15, -0.1) is 11.3 Å². The molecule has 0 fully saturated rings. The summed E-state index contributed by atoms with van der Waals surface area (Å²) in [5.74, 6) is -0.0989. The maximum atomic E-state index is 13.0. The summed E-state index contributed by atoms with van der Waals surface area (Å²) in [5, 5.41) is 0.707. The van der Waals surface area contributed by atoms with Crippen LogP contribution in [-0.4, -0.2) is 43.2 Å². The Morgan fingerprint density at radius 3 is 2.20 bits per heavy atom. The van der Waals surface area contributed by atoms with Gasteiger partial charge in [0, 0.05) is 26.3 Å². The summed E-state index contributed by atoms with van der Waals surface area (Å²) in [7, 11) is -3.40. The quantitative estimate of drug-likeness (QED) is 0.732. The van der Waals surface area contributed by atoms with Crippen LogP contribution >= 0.6 is 11.3 Å². The normalized spacial score (nSPS) is 13.6. The minimum Gasteiger partial charge on any atom is -0.378 e. The van der Waals surface area contributed by atoms with Crippen LogP contribution in [0, 0.1) is 0 Å². The second-order valence-corrected chi connectivity index (χ2v) is 11.1. The lowest BCUT2D eigenvalue weighted by molar-refractivity contribution is 0.570. The molecule has 1 aromatic carbocycles. The number of nitrogens with zero attached hydrogens (tertiary/aromatic N) is 1. The number of benzene rings is 1. The van der Waals surface area contributed by atoms with Gasteiger partial charge < -0.3 is 4.90 Å². The summed E-state index contributed by atoms with van der Waals surface area (Å²) in [4.78, 5) is 1.91. The minimum atomic E-state index is -3.70. The maximum Gasteiger partial charge on any atom is 0.211 e. The minimum absolute atomic E-state index is 0.0989. The van der Waals surface area contributed by atoms with Gasteiger partial charge in [-0.1, -0.05) is 18.2 Å². The van der Waals surface area contributed by atoms with E-state index < -0.39 is 25.1 Å². The maximum absolute atomic E-state index is 13.0. The summed E-state index contributed by atoms with van der Waals surface area (Å²) in [6.45, 7) is 1.31. The average Bonchev–Trinajstić information content (AvgIpc) is 3.10. The van der Waals surface area contributed by atoms with Crippen molar-refractivity contribution in [1.82, 2.24) is 4.72 Å². The van der Waals surface area contributed by atoms with E-state index >= 15 is 0 Å². The van der Waals surface area contributed by atoms with Crippen LogP contribution in [0.15, 0.2) is 46.0 Å². The van der Waals surface area contributed by atoms with Crippen LogP contribution in [0.5, 0.6) is 0 Å². The summed E-state index contributed by atoms with van der Waals surface area (Å²) in [6, 6.07) is 10.3. The van der Waals surface area contributed by atoms with Crippen molar-refractivity contribution < 1.29 is 16.8 Å². The number of hydrogen-bond donors (Lipinski definition) is 1. The molecule has 9 heteroatoms. The molecule has 6 nitrogen and oxygen atoms in total. The fraction of sp³-hybridized carbons (Fsp3) is 0.375. The molecule has 0 aliphatic rings. The number of rotatable bonds is 8. The van der Waals surface area contributed by atoms with E-state index in [1.54, 1.807) is 23.6 Å².